The summed E-state index contributed by atoms with van der Waals surface area (Å²) >= 11 is 0. The smallest absolute Gasteiger partial charge is 0.360 e. The van der Waals surface area contributed by atoms with Gasteiger partial charge in [0, 0.05) is 29.1 Å². The second-order valence-corrected chi connectivity index (χ2v) is 4.46. The van der Waals surface area contributed by atoms with E-state index in [1.54, 1.807) is 6.07 Å². The first-order valence-electron chi connectivity index (χ1n) is 6.10. The van der Waals surface area contributed by atoms with Gasteiger partial charge in [0.2, 0.25) is 0 Å². The molecule has 0 saturated carbocycles. The third-order valence-corrected chi connectivity index (χ3v) is 2.98. The highest BCUT2D eigenvalue weighted by molar-refractivity contribution is 6.12. The minimum absolute atomic E-state index is 0.120. The van der Waals surface area contributed by atoms with Crippen LogP contribution in [0.2, 0.25) is 0 Å². The molecule has 6 heteroatoms. The Kier molecular flexibility index (Phi) is 3.65. The number of fused-ring (bicyclic) bond motifs is 1. The van der Waals surface area contributed by atoms with Crippen molar-refractivity contribution in [3.8, 4) is 0 Å². The molecule has 1 heterocycles. The van der Waals surface area contributed by atoms with Gasteiger partial charge < -0.3 is 4.98 Å². The highest BCUT2D eigenvalue weighted by Gasteiger charge is 2.40. The molecule has 106 valence electrons. The van der Waals surface area contributed by atoms with E-state index in [0.29, 0.717) is 23.9 Å². The van der Waals surface area contributed by atoms with Crippen LogP contribution in [0.15, 0.2) is 24.4 Å². The third kappa shape index (κ3) is 2.59. The Labute approximate surface area is 112 Å². The average molecular weight is 283 g/mol. The van der Waals surface area contributed by atoms with Gasteiger partial charge in [-0.3, -0.25) is 9.59 Å². The summed E-state index contributed by atoms with van der Waals surface area (Å²) in [5.74, 6) is -2.06. The topological polar surface area (TPSA) is 49.9 Å². The molecule has 0 radical (unpaired) electrons. The van der Waals surface area contributed by atoms with E-state index in [0.717, 1.165) is 6.20 Å². The van der Waals surface area contributed by atoms with Crippen molar-refractivity contribution in [1.29, 1.82) is 0 Å². The van der Waals surface area contributed by atoms with Gasteiger partial charge in [-0.2, -0.15) is 13.2 Å². The minimum Gasteiger partial charge on any atom is -0.360 e. The molecule has 1 aromatic carbocycles. The largest absolute Gasteiger partial charge is 0.454 e. The van der Waals surface area contributed by atoms with E-state index < -0.39 is 17.5 Å². The van der Waals surface area contributed by atoms with Crippen LogP contribution < -0.4 is 0 Å². The van der Waals surface area contributed by atoms with Crippen LogP contribution in [0.25, 0.3) is 10.9 Å². The monoisotopic (exact) mass is 283 g/mol. The zero-order chi connectivity index (χ0) is 14.9. The molecule has 0 aliphatic rings. The van der Waals surface area contributed by atoms with E-state index in [2.05, 4.69) is 4.98 Å². The van der Waals surface area contributed by atoms with Crippen molar-refractivity contribution in [3.63, 3.8) is 0 Å². The number of carbonyl (C=O) groups excluding carboxylic acids is 2. The molecule has 2 aromatic rings. The molecular weight excluding hydrogens is 271 g/mol. The molecular formula is C14H12F3NO2. The van der Waals surface area contributed by atoms with Gasteiger partial charge >= 0.3 is 6.18 Å². The fourth-order valence-electron chi connectivity index (χ4n) is 2.01. The molecule has 0 amide bonds. The summed E-state index contributed by atoms with van der Waals surface area (Å²) in [6, 6.07) is 4.38. The molecule has 0 aliphatic carbocycles. The Hall–Kier alpha value is -2.11. The normalized spacial score (nSPS) is 11.8. The lowest BCUT2D eigenvalue weighted by Crippen LogP contribution is -2.22. The molecule has 0 spiro atoms. The van der Waals surface area contributed by atoms with Crippen molar-refractivity contribution < 1.29 is 22.8 Å². The Morgan fingerprint density at radius 1 is 1.25 bits per heavy atom. The predicted octanol–water partition coefficient (Wildman–Crippen LogP) is 3.90. The quantitative estimate of drug-likeness (QED) is 0.865. The Balaban J connectivity index is 2.51. The number of Topliss-reactive ketones (excluding diaryl/α,β-unsaturated/α-hetero) is 2. The lowest BCUT2D eigenvalue weighted by molar-refractivity contribution is -0.0884. The summed E-state index contributed by atoms with van der Waals surface area (Å²) in [6.07, 6.45) is -2.94. The van der Waals surface area contributed by atoms with Crippen LogP contribution in [0.3, 0.4) is 0 Å². The predicted molar refractivity (Wildman–Crippen MR) is 67.9 cm³/mol. The first-order chi connectivity index (χ1) is 9.34. The number of nitrogens with one attached hydrogen (secondary N) is 1. The van der Waals surface area contributed by atoms with E-state index in [-0.39, 0.29) is 11.2 Å². The second-order valence-electron chi connectivity index (χ2n) is 4.46. The van der Waals surface area contributed by atoms with Gasteiger partial charge in [-0.05, 0) is 24.6 Å². The molecule has 0 saturated heterocycles. The van der Waals surface area contributed by atoms with E-state index >= 15 is 0 Å². The molecule has 0 atom stereocenters. The number of ketones is 2. The lowest BCUT2D eigenvalue weighted by atomic mass is 10.0. The van der Waals surface area contributed by atoms with Gasteiger partial charge in [0.15, 0.2) is 5.78 Å². The molecule has 0 fully saturated rings. The molecule has 3 nitrogen and oxygen atoms in total. The van der Waals surface area contributed by atoms with Crippen molar-refractivity contribution in [2.24, 2.45) is 0 Å². The second kappa shape index (κ2) is 5.11. The fraction of sp³-hybridized carbons (Fsp3) is 0.286. The van der Waals surface area contributed by atoms with Gasteiger partial charge in [-0.1, -0.05) is 6.92 Å². The van der Waals surface area contributed by atoms with Crippen LogP contribution in [0.4, 0.5) is 13.2 Å². The Bertz CT molecular complexity index is 671. The van der Waals surface area contributed by atoms with Gasteiger partial charge in [0.25, 0.3) is 5.78 Å². The maximum Gasteiger partial charge on any atom is 0.454 e. The number of rotatable bonds is 4. The first-order valence-corrected chi connectivity index (χ1v) is 6.10. The van der Waals surface area contributed by atoms with Crippen LogP contribution in [-0.2, 0) is 0 Å². The molecule has 1 N–H and O–H groups in total. The maximum atomic E-state index is 12.5. The van der Waals surface area contributed by atoms with Crippen LogP contribution >= 0.6 is 0 Å². The molecule has 1 aromatic heterocycles. The third-order valence-electron chi connectivity index (χ3n) is 2.98. The van der Waals surface area contributed by atoms with Crippen molar-refractivity contribution >= 4 is 22.5 Å². The zero-order valence-electron chi connectivity index (χ0n) is 10.7. The van der Waals surface area contributed by atoms with Gasteiger partial charge in [-0.15, -0.1) is 0 Å². The first kappa shape index (κ1) is 14.3. The molecule has 0 bridgehead atoms. The van der Waals surface area contributed by atoms with E-state index in [9.17, 15) is 22.8 Å². The van der Waals surface area contributed by atoms with E-state index in [1.807, 2.05) is 6.92 Å². The highest BCUT2D eigenvalue weighted by Crippen LogP contribution is 2.27. The number of carbonyl (C=O) groups is 2. The fourth-order valence-corrected chi connectivity index (χ4v) is 2.01. The standard InChI is InChI=1S/C14H12F3NO2/c1-2-3-12(19)8-4-5-11-9(6-8)10(7-18-11)13(20)14(15,16)17/h4-7,18H,2-3H2,1H3. The number of hydrogen-bond acceptors (Lipinski definition) is 2. The molecule has 0 aliphatic heterocycles. The summed E-state index contributed by atoms with van der Waals surface area (Å²) in [6.45, 7) is 1.84. The zero-order valence-corrected chi connectivity index (χ0v) is 10.7. The maximum absolute atomic E-state index is 12.5. The number of benzene rings is 1. The average Bonchev–Trinajstić information content (AvgIpc) is 2.79. The van der Waals surface area contributed by atoms with Crippen molar-refractivity contribution in [1.82, 2.24) is 4.98 Å². The summed E-state index contributed by atoms with van der Waals surface area (Å²) in [4.78, 5) is 25.7. The van der Waals surface area contributed by atoms with Crippen LogP contribution in [0.1, 0.15) is 40.5 Å². The number of hydrogen-bond donors (Lipinski definition) is 1. The summed E-state index contributed by atoms with van der Waals surface area (Å²) in [5.41, 5.74) is 0.250. The summed E-state index contributed by atoms with van der Waals surface area (Å²) in [5, 5.41) is 0.120. The van der Waals surface area contributed by atoms with Crippen molar-refractivity contribution in [3.05, 3.63) is 35.5 Å². The Morgan fingerprint density at radius 3 is 2.55 bits per heavy atom. The number of aromatic nitrogens is 1. The van der Waals surface area contributed by atoms with Crippen molar-refractivity contribution in [2.75, 3.05) is 0 Å². The van der Waals surface area contributed by atoms with Gasteiger partial charge in [0.05, 0.1) is 5.56 Å². The lowest BCUT2D eigenvalue weighted by Gasteiger charge is -2.04. The highest BCUT2D eigenvalue weighted by atomic mass is 19.4. The van der Waals surface area contributed by atoms with E-state index in [1.165, 1.54) is 12.1 Å². The van der Waals surface area contributed by atoms with E-state index in [4.69, 9.17) is 0 Å². The molecule has 2 rings (SSSR count). The van der Waals surface area contributed by atoms with Gasteiger partial charge in [0.1, 0.15) is 0 Å². The minimum atomic E-state index is -4.93. The number of alkyl halides is 3. The SMILES string of the molecule is CCCC(=O)c1ccc2[nH]cc(C(=O)C(F)(F)F)c2c1. The van der Waals surface area contributed by atoms with Crippen LogP contribution in [0.5, 0.6) is 0 Å². The Morgan fingerprint density at radius 2 is 1.95 bits per heavy atom. The number of aromatic amines is 1. The van der Waals surface area contributed by atoms with Crippen molar-refractivity contribution in [2.45, 2.75) is 25.9 Å². The molecule has 20 heavy (non-hydrogen) atoms. The summed E-state index contributed by atoms with van der Waals surface area (Å²) < 4.78 is 37.5. The van der Waals surface area contributed by atoms with Crippen LogP contribution in [0, 0.1) is 0 Å². The van der Waals surface area contributed by atoms with Crippen LogP contribution in [-0.4, -0.2) is 22.7 Å². The summed E-state index contributed by atoms with van der Waals surface area (Å²) in [7, 11) is 0. The molecule has 0 unspecified atom stereocenters. The number of H-pyrrole nitrogens is 1. The number of halogens is 3. The van der Waals surface area contributed by atoms with Gasteiger partial charge in [-0.25, -0.2) is 0 Å².